The molecule has 1 amide bonds. The van der Waals surface area contributed by atoms with E-state index < -0.39 is 5.82 Å². The first-order chi connectivity index (χ1) is 11.1. The third-order valence-corrected chi connectivity index (χ3v) is 3.65. The number of Topliss-reactive ketones (excluding diaryl/α,β-unsaturated/α-hetero) is 1. The Morgan fingerprint density at radius 3 is 2.48 bits per heavy atom. The molecule has 0 aliphatic carbocycles. The Morgan fingerprint density at radius 2 is 1.78 bits per heavy atom. The molecule has 1 aromatic carbocycles. The summed E-state index contributed by atoms with van der Waals surface area (Å²) >= 11 is 0. The second-order valence-electron chi connectivity index (χ2n) is 5.32. The van der Waals surface area contributed by atoms with Crippen LogP contribution in [0.5, 0.6) is 0 Å². The van der Waals surface area contributed by atoms with Gasteiger partial charge in [-0.2, -0.15) is 0 Å². The maximum atomic E-state index is 13.5. The number of carbonyl (C=O) groups excluding carboxylic acids is 2. The highest BCUT2D eigenvalue weighted by atomic mass is 19.1. The summed E-state index contributed by atoms with van der Waals surface area (Å²) in [7, 11) is 1.71. The first kappa shape index (κ1) is 16.8. The van der Waals surface area contributed by atoms with E-state index in [1.54, 1.807) is 30.4 Å². The molecular weight excluding hydrogens is 295 g/mol. The zero-order valence-electron chi connectivity index (χ0n) is 13.0. The van der Waals surface area contributed by atoms with E-state index in [1.807, 2.05) is 12.1 Å². The first-order valence-corrected chi connectivity index (χ1v) is 7.48. The van der Waals surface area contributed by atoms with Crippen LogP contribution in [0.2, 0.25) is 0 Å². The molecule has 0 aliphatic rings. The number of amides is 1. The maximum Gasteiger partial charge on any atom is 0.222 e. The van der Waals surface area contributed by atoms with Gasteiger partial charge in [-0.1, -0.05) is 12.1 Å². The number of rotatable bonds is 7. The van der Waals surface area contributed by atoms with E-state index in [0.717, 1.165) is 12.0 Å². The van der Waals surface area contributed by atoms with Gasteiger partial charge in [0.25, 0.3) is 0 Å². The highest BCUT2D eigenvalue weighted by molar-refractivity contribution is 5.98. The fraction of sp³-hybridized carbons (Fsp3) is 0.278. The van der Waals surface area contributed by atoms with Crippen LogP contribution in [-0.2, 0) is 11.2 Å². The van der Waals surface area contributed by atoms with Crippen LogP contribution in [0.15, 0.2) is 48.8 Å². The van der Waals surface area contributed by atoms with Crippen molar-refractivity contribution >= 4 is 11.7 Å². The van der Waals surface area contributed by atoms with Crippen molar-refractivity contribution in [1.82, 2.24) is 9.88 Å². The lowest BCUT2D eigenvalue weighted by molar-refractivity contribution is -0.129. The Kier molecular flexibility index (Phi) is 5.97. The monoisotopic (exact) mass is 314 g/mol. The molecule has 23 heavy (non-hydrogen) atoms. The molecule has 0 unspecified atom stereocenters. The number of nitrogens with zero attached hydrogens (tertiary/aromatic N) is 2. The third-order valence-electron chi connectivity index (χ3n) is 3.65. The second-order valence-corrected chi connectivity index (χ2v) is 5.32. The molecule has 0 bridgehead atoms. The minimum absolute atomic E-state index is 0.0133. The molecular formula is C18H19FN2O2. The Balaban J connectivity index is 1.80. The summed E-state index contributed by atoms with van der Waals surface area (Å²) < 4.78 is 13.5. The average Bonchev–Trinajstić information content (AvgIpc) is 2.58. The number of pyridine rings is 1. The fourth-order valence-corrected chi connectivity index (χ4v) is 2.20. The second kappa shape index (κ2) is 8.17. The molecule has 2 rings (SSSR count). The molecule has 2 aromatic rings. The van der Waals surface area contributed by atoms with Crippen molar-refractivity contribution in [3.63, 3.8) is 0 Å². The standard InChI is InChI=1S/C18H19FN2O2/c1-21(13-10-14-8-11-20-12-9-14)18(23)7-6-17(22)15-4-2-3-5-16(15)19/h2-5,8-9,11-12H,6-7,10,13H2,1H3. The highest BCUT2D eigenvalue weighted by Crippen LogP contribution is 2.11. The number of benzene rings is 1. The zero-order chi connectivity index (χ0) is 16.7. The summed E-state index contributed by atoms with van der Waals surface area (Å²) in [6.45, 7) is 0.566. The van der Waals surface area contributed by atoms with Crippen molar-refractivity contribution in [3.05, 3.63) is 65.7 Å². The van der Waals surface area contributed by atoms with Gasteiger partial charge in [-0.25, -0.2) is 4.39 Å². The molecule has 0 atom stereocenters. The van der Waals surface area contributed by atoms with Crippen LogP contribution in [0, 0.1) is 5.82 Å². The zero-order valence-corrected chi connectivity index (χ0v) is 13.0. The Labute approximate surface area is 135 Å². The maximum absolute atomic E-state index is 13.5. The van der Waals surface area contributed by atoms with E-state index >= 15 is 0 Å². The lowest BCUT2D eigenvalue weighted by Gasteiger charge is -2.17. The van der Waals surface area contributed by atoms with Crippen molar-refractivity contribution in [2.24, 2.45) is 0 Å². The summed E-state index contributed by atoms with van der Waals surface area (Å²) in [5, 5.41) is 0. The van der Waals surface area contributed by atoms with Crippen LogP contribution in [0.25, 0.3) is 0 Å². The topological polar surface area (TPSA) is 50.3 Å². The number of halogens is 1. The molecule has 0 fully saturated rings. The molecule has 4 nitrogen and oxygen atoms in total. The lowest BCUT2D eigenvalue weighted by Crippen LogP contribution is -2.29. The summed E-state index contributed by atoms with van der Waals surface area (Å²) in [5.41, 5.74) is 1.14. The predicted molar refractivity (Wildman–Crippen MR) is 85.5 cm³/mol. The van der Waals surface area contributed by atoms with Gasteiger partial charge in [-0.3, -0.25) is 14.6 Å². The number of likely N-dealkylation sites (N-methyl/N-ethyl adjacent to an activating group) is 1. The summed E-state index contributed by atoms with van der Waals surface area (Å²) in [5.74, 6) is -1.02. The molecule has 120 valence electrons. The van der Waals surface area contributed by atoms with E-state index in [0.29, 0.717) is 6.54 Å². The Hall–Kier alpha value is -2.56. The molecule has 0 saturated carbocycles. The largest absolute Gasteiger partial charge is 0.345 e. The minimum atomic E-state index is -0.545. The van der Waals surface area contributed by atoms with E-state index in [2.05, 4.69) is 4.98 Å². The number of ketones is 1. The van der Waals surface area contributed by atoms with Gasteiger partial charge in [-0.15, -0.1) is 0 Å². The average molecular weight is 314 g/mol. The molecule has 0 N–H and O–H groups in total. The van der Waals surface area contributed by atoms with E-state index in [-0.39, 0.29) is 30.1 Å². The van der Waals surface area contributed by atoms with Gasteiger partial charge in [0, 0.05) is 38.8 Å². The van der Waals surface area contributed by atoms with Crippen molar-refractivity contribution in [2.75, 3.05) is 13.6 Å². The van der Waals surface area contributed by atoms with Crippen molar-refractivity contribution < 1.29 is 14.0 Å². The summed E-state index contributed by atoms with van der Waals surface area (Å²) in [6.07, 6.45) is 4.25. The van der Waals surface area contributed by atoms with Crippen LogP contribution >= 0.6 is 0 Å². The Bertz CT molecular complexity index is 674. The lowest BCUT2D eigenvalue weighted by atomic mass is 10.1. The van der Waals surface area contributed by atoms with Crippen LogP contribution in [0.1, 0.15) is 28.8 Å². The molecule has 1 aromatic heterocycles. The number of carbonyl (C=O) groups is 2. The highest BCUT2D eigenvalue weighted by Gasteiger charge is 2.15. The van der Waals surface area contributed by atoms with Crippen LogP contribution < -0.4 is 0 Å². The van der Waals surface area contributed by atoms with Gasteiger partial charge in [-0.05, 0) is 36.2 Å². The molecule has 1 heterocycles. The van der Waals surface area contributed by atoms with E-state index in [1.165, 1.54) is 18.2 Å². The van der Waals surface area contributed by atoms with Gasteiger partial charge < -0.3 is 4.90 Å². The van der Waals surface area contributed by atoms with Gasteiger partial charge in [0.15, 0.2) is 5.78 Å². The number of aromatic nitrogens is 1. The van der Waals surface area contributed by atoms with Gasteiger partial charge in [0.1, 0.15) is 5.82 Å². The quantitative estimate of drug-likeness (QED) is 0.738. The minimum Gasteiger partial charge on any atom is -0.345 e. The molecule has 0 spiro atoms. The van der Waals surface area contributed by atoms with E-state index in [9.17, 15) is 14.0 Å². The number of hydrogen-bond acceptors (Lipinski definition) is 3. The normalized spacial score (nSPS) is 10.3. The van der Waals surface area contributed by atoms with Gasteiger partial charge >= 0.3 is 0 Å². The predicted octanol–water partition coefficient (Wildman–Crippen LogP) is 2.88. The first-order valence-electron chi connectivity index (χ1n) is 7.48. The van der Waals surface area contributed by atoms with Crippen molar-refractivity contribution in [3.8, 4) is 0 Å². The van der Waals surface area contributed by atoms with Crippen LogP contribution in [0.4, 0.5) is 4.39 Å². The smallest absolute Gasteiger partial charge is 0.222 e. The van der Waals surface area contributed by atoms with Crippen LogP contribution in [0.3, 0.4) is 0 Å². The molecule has 0 radical (unpaired) electrons. The number of hydrogen-bond donors (Lipinski definition) is 0. The molecule has 5 heteroatoms. The van der Waals surface area contributed by atoms with Gasteiger partial charge in [0.2, 0.25) is 5.91 Å². The van der Waals surface area contributed by atoms with Gasteiger partial charge in [0.05, 0.1) is 5.56 Å². The van der Waals surface area contributed by atoms with Crippen molar-refractivity contribution in [1.29, 1.82) is 0 Å². The van der Waals surface area contributed by atoms with E-state index in [4.69, 9.17) is 0 Å². The summed E-state index contributed by atoms with van der Waals surface area (Å²) in [4.78, 5) is 29.5. The SMILES string of the molecule is CN(CCc1ccncc1)C(=O)CCC(=O)c1ccccc1F. The Morgan fingerprint density at radius 1 is 1.09 bits per heavy atom. The summed E-state index contributed by atoms with van der Waals surface area (Å²) in [6, 6.07) is 9.63. The van der Waals surface area contributed by atoms with Crippen LogP contribution in [-0.4, -0.2) is 35.2 Å². The molecule has 0 aliphatic heterocycles. The molecule has 0 saturated heterocycles. The fourth-order valence-electron chi connectivity index (χ4n) is 2.20. The third kappa shape index (κ3) is 4.98. The van der Waals surface area contributed by atoms with Crippen molar-refractivity contribution in [2.45, 2.75) is 19.3 Å².